The van der Waals surface area contributed by atoms with E-state index in [4.69, 9.17) is 11.6 Å². The van der Waals surface area contributed by atoms with E-state index < -0.39 is 0 Å². The molecule has 0 bridgehead atoms. The Morgan fingerprint density at radius 3 is 2.60 bits per heavy atom. The van der Waals surface area contributed by atoms with Gasteiger partial charge in [0, 0.05) is 37.0 Å². The van der Waals surface area contributed by atoms with E-state index >= 15 is 0 Å². The second-order valence-electron chi connectivity index (χ2n) is 5.51. The summed E-state index contributed by atoms with van der Waals surface area (Å²) in [6.07, 6.45) is 0.932. The molecule has 1 fully saturated rings. The van der Waals surface area contributed by atoms with Gasteiger partial charge in [-0.25, -0.2) is 0 Å². The lowest BCUT2D eigenvalue weighted by molar-refractivity contribution is 0.269. The molecule has 2 aromatic rings. The number of benzene rings is 1. The highest BCUT2D eigenvalue weighted by molar-refractivity contribution is 9.10. The maximum absolute atomic E-state index is 6.41. The summed E-state index contributed by atoms with van der Waals surface area (Å²) in [6, 6.07) is 8.15. The maximum Gasteiger partial charge on any atom is 0.0738 e. The van der Waals surface area contributed by atoms with Crippen LogP contribution in [0.5, 0.6) is 0 Å². The van der Waals surface area contributed by atoms with Crippen LogP contribution in [0.15, 0.2) is 28.7 Å². The molecule has 1 aliphatic rings. The van der Waals surface area contributed by atoms with E-state index in [0.717, 1.165) is 34.7 Å². The van der Waals surface area contributed by atoms with Crippen molar-refractivity contribution in [2.45, 2.75) is 18.8 Å². The minimum absolute atomic E-state index is 0.0705. The molecule has 5 heteroatoms. The molecule has 0 aliphatic carbocycles. The fourth-order valence-corrected chi connectivity index (χ4v) is 3.73. The Bertz CT molecular complexity index is 647. The van der Waals surface area contributed by atoms with E-state index in [1.807, 2.05) is 30.8 Å². The van der Waals surface area contributed by atoms with Crippen LogP contribution in [0.1, 0.15) is 17.0 Å². The summed E-state index contributed by atoms with van der Waals surface area (Å²) in [5.74, 6) is 0. The zero-order valence-corrected chi connectivity index (χ0v) is 13.9. The molecular weight excluding hydrogens is 338 g/mol. The second-order valence-corrected chi connectivity index (χ2v) is 6.71. The first-order valence-corrected chi connectivity index (χ1v) is 7.84. The molecule has 106 valence electrons. The third-order valence-electron chi connectivity index (χ3n) is 4.14. The van der Waals surface area contributed by atoms with Gasteiger partial charge in [0.05, 0.1) is 15.9 Å². The van der Waals surface area contributed by atoms with Gasteiger partial charge in [-0.15, -0.1) is 0 Å². The molecule has 0 amide bonds. The number of hydrogen-bond donors (Lipinski definition) is 1. The van der Waals surface area contributed by atoms with Crippen LogP contribution in [0, 0.1) is 6.92 Å². The van der Waals surface area contributed by atoms with Gasteiger partial charge >= 0.3 is 0 Å². The number of nitrogens with one attached hydrogen (secondary N) is 1. The fraction of sp³-hybridized carbons (Fsp3) is 0.400. The molecule has 1 N–H and O–H groups in total. The molecule has 1 aromatic heterocycles. The molecule has 0 saturated carbocycles. The van der Waals surface area contributed by atoms with Gasteiger partial charge in [0.25, 0.3) is 0 Å². The van der Waals surface area contributed by atoms with Crippen molar-refractivity contribution < 1.29 is 0 Å². The van der Waals surface area contributed by atoms with Crippen LogP contribution >= 0.6 is 27.5 Å². The molecule has 2 heterocycles. The Hall–Kier alpha value is -0.840. The SMILES string of the molecule is Cc1nn(C)c(CC2(c3ccccc3Cl)CNC2)c1Br. The topological polar surface area (TPSA) is 29.9 Å². The number of aryl methyl sites for hydroxylation is 2. The Kier molecular flexibility index (Phi) is 3.65. The Balaban J connectivity index is 2.01. The van der Waals surface area contributed by atoms with Crippen LogP contribution in [0.4, 0.5) is 0 Å². The van der Waals surface area contributed by atoms with Crippen molar-refractivity contribution in [3.05, 3.63) is 50.7 Å². The van der Waals surface area contributed by atoms with Gasteiger partial charge in [-0.1, -0.05) is 29.8 Å². The Morgan fingerprint density at radius 2 is 2.10 bits per heavy atom. The minimum Gasteiger partial charge on any atom is -0.315 e. The zero-order valence-electron chi connectivity index (χ0n) is 11.6. The average molecular weight is 355 g/mol. The quantitative estimate of drug-likeness (QED) is 0.917. The first kappa shape index (κ1) is 14.1. The zero-order chi connectivity index (χ0) is 14.3. The largest absolute Gasteiger partial charge is 0.315 e. The minimum atomic E-state index is 0.0705. The summed E-state index contributed by atoms with van der Waals surface area (Å²) in [6.45, 7) is 3.93. The van der Waals surface area contributed by atoms with Crippen molar-refractivity contribution in [2.75, 3.05) is 13.1 Å². The number of halogens is 2. The summed E-state index contributed by atoms with van der Waals surface area (Å²) < 4.78 is 3.08. The summed E-state index contributed by atoms with van der Waals surface area (Å²) in [5, 5.41) is 8.73. The summed E-state index contributed by atoms with van der Waals surface area (Å²) in [7, 11) is 2.00. The van der Waals surface area contributed by atoms with Gasteiger partial charge in [0.1, 0.15) is 0 Å². The van der Waals surface area contributed by atoms with E-state index in [2.05, 4.69) is 38.5 Å². The summed E-state index contributed by atoms with van der Waals surface area (Å²) in [5.41, 5.74) is 3.56. The highest BCUT2D eigenvalue weighted by Crippen LogP contribution is 2.38. The van der Waals surface area contributed by atoms with Crippen molar-refractivity contribution in [1.29, 1.82) is 0 Å². The summed E-state index contributed by atoms with van der Waals surface area (Å²) >= 11 is 10.1. The van der Waals surface area contributed by atoms with E-state index in [1.54, 1.807) is 0 Å². The number of aromatic nitrogens is 2. The third kappa shape index (κ3) is 2.20. The standard InChI is InChI=1S/C15H17BrClN3/c1-10-14(16)13(20(2)19-10)7-15(8-18-9-15)11-5-3-4-6-12(11)17/h3-6,18H,7-9H2,1-2H3. The number of nitrogens with zero attached hydrogens (tertiary/aromatic N) is 2. The van der Waals surface area contributed by atoms with Crippen LogP contribution in [0.2, 0.25) is 5.02 Å². The third-order valence-corrected chi connectivity index (χ3v) is 5.50. The molecule has 0 radical (unpaired) electrons. The average Bonchev–Trinajstić information content (AvgIpc) is 2.61. The van der Waals surface area contributed by atoms with Crippen molar-refractivity contribution in [2.24, 2.45) is 7.05 Å². The molecule has 0 unspecified atom stereocenters. The van der Waals surface area contributed by atoms with Gasteiger partial charge in [0.15, 0.2) is 0 Å². The molecule has 0 atom stereocenters. The van der Waals surface area contributed by atoms with E-state index in [9.17, 15) is 0 Å². The van der Waals surface area contributed by atoms with Crippen LogP contribution in [0.3, 0.4) is 0 Å². The number of hydrogen-bond acceptors (Lipinski definition) is 2. The van der Waals surface area contributed by atoms with Crippen LogP contribution in [-0.4, -0.2) is 22.9 Å². The summed E-state index contributed by atoms with van der Waals surface area (Å²) in [4.78, 5) is 0. The van der Waals surface area contributed by atoms with Gasteiger partial charge < -0.3 is 5.32 Å². The van der Waals surface area contributed by atoms with Crippen molar-refractivity contribution in [3.8, 4) is 0 Å². The smallest absolute Gasteiger partial charge is 0.0738 e. The maximum atomic E-state index is 6.41. The molecule has 0 spiro atoms. The Morgan fingerprint density at radius 1 is 1.40 bits per heavy atom. The van der Waals surface area contributed by atoms with E-state index in [1.165, 1.54) is 11.3 Å². The molecule has 1 aromatic carbocycles. The van der Waals surface area contributed by atoms with Crippen molar-refractivity contribution >= 4 is 27.5 Å². The molecule has 1 saturated heterocycles. The first-order valence-electron chi connectivity index (χ1n) is 6.67. The fourth-order valence-electron chi connectivity index (χ4n) is 2.92. The molecule has 20 heavy (non-hydrogen) atoms. The van der Waals surface area contributed by atoms with Crippen molar-refractivity contribution in [1.82, 2.24) is 15.1 Å². The van der Waals surface area contributed by atoms with Crippen LogP contribution in [0.25, 0.3) is 0 Å². The lowest BCUT2D eigenvalue weighted by Gasteiger charge is -2.44. The van der Waals surface area contributed by atoms with E-state index in [-0.39, 0.29) is 5.41 Å². The highest BCUT2D eigenvalue weighted by Gasteiger charge is 2.41. The monoisotopic (exact) mass is 353 g/mol. The second kappa shape index (κ2) is 5.17. The normalized spacial score (nSPS) is 17.0. The van der Waals surface area contributed by atoms with Gasteiger partial charge in [-0.3, -0.25) is 4.68 Å². The Labute approximate surface area is 132 Å². The predicted molar refractivity (Wildman–Crippen MR) is 85.3 cm³/mol. The van der Waals surface area contributed by atoms with Crippen LogP contribution < -0.4 is 5.32 Å². The predicted octanol–water partition coefficient (Wildman–Crippen LogP) is 3.23. The first-order chi connectivity index (χ1) is 9.53. The van der Waals surface area contributed by atoms with Gasteiger partial charge in [-0.2, -0.15) is 5.10 Å². The molecule has 3 nitrogen and oxygen atoms in total. The van der Waals surface area contributed by atoms with Crippen molar-refractivity contribution in [3.63, 3.8) is 0 Å². The van der Waals surface area contributed by atoms with E-state index in [0.29, 0.717) is 0 Å². The molecular formula is C15H17BrClN3. The number of rotatable bonds is 3. The lowest BCUT2D eigenvalue weighted by Crippen LogP contribution is -2.58. The molecule has 1 aliphatic heterocycles. The highest BCUT2D eigenvalue weighted by atomic mass is 79.9. The lowest BCUT2D eigenvalue weighted by atomic mass is 9.72. The van der Waals surface area contributed by atoms with Crippen LogP contribution in [-0.2, 0) is 18.9 Å². The van der Waals surface area contributed by atoms with Gasteiger partial charge in [0.2, 0.25) is 0 Å². The molecule has 3 rings (SSSR count). The van der Waals surface area contributed by atoms with Gasteiger partial charge in [-0.05, 0) is 34.5 Å².